The summed E-state index contributed by atoms with van der Waals surface area (Å²) < 4.78 is 2.47. The van der Waals surface area contributed by atoms with Crippen LogP contribution in [0.1, 0.15) is 79.0 Å². The number of para-hydroxylation sites is 2. The Morgan fingerprint density at radius 2 is 0.833 bits per heavy atom. The van der Waals surface area contributed by atoms with Crippen LogP contribution in [-0.2, 0) is 16.2 Å². The van der Waals surface area contributed by atoms with Gasteiger partial charge in [-0.2, -0.15) is 0 Å². The Kier molecular flexibility index (Phi) is 10.6. The number of benzene rings is 11. The second-order valence-electron chi connectivity index (χ2n) is 23.1. The lowest BCUT2D eigenvalue weighted by Crippen LogP contribution is -2.16. The summed E-state index contributed by atoms with van der Waals surface area (Å²) in [4.78, 5) is 2.49. The number of aromatic nitrogens is 1. The van der Waals surface area contributed by atoms with E-state index in [0.717, 1.165) is 17.1 Å². The molecule has 1 aromatic heterocycles. The number of fused-ring (bicyclic) bond motifs is 3. The molecule has 0 amide bonds. The molecule has 0 saturated heterocycles. The van der Waals surface area contributed by atoms with E-state index in [1.807, 2.05) is 0 Å². The highest BCUT2D eigenvalue weighted by Crippen LogP contribution is 2.47. The highest BCUT2D eigenvalue weighted by Gasteiger charge is 2.24. The van der Waals surface area contributed by atoms with Gasteiger partial charge in [-0.05, 0) is 136 Å². The number of nitrogens with zero attached hydrogens (tertiary/aromatic N) is 2. The van der Waals surface area contributed by atoms with E-state index < -0.39 is 0 Å². The van der Waals surface area contributed by atoms with Crippen LogP contribution >= 0.6 is 0 Å². The topological polar surface area (TPSA) is 8.17 Å². The summed E-state index contributed by atoms with van der Waals surface area (Å²) in [7, 11) is 0. The summed E-state index contributed by atoms with van der Waals surface area (Å²) in [6.07, 6.45) is 0. The Balaban J connectivity index is 1.06. The first-order chi connectivity index (χ1) is 34.6. The predicted octanol–water partition coefficient (Wildman–Crippen LogP) is 20.0. The van der Waals surface area contributed by atoms with Crippen molar-refractivity contribution in [3.8, 4) is 39.1 Å². The zero-order valence-electron chi connectivity index (χ0n) is 43.1. The van der Waals surface area contributed by atoms with Gasteiger partial charge in [-0.15, -0.1) is 0 Å². The highest BCUT2D eigenvalue weighted by molar-refractivity contribution is 6.27. The van der Waals surface area contributed by atoms with Crippen molar-refractivity contribution in [2.75, 3.05) is 4.90 Å². The number of hydrogen-bond donors (Lipinski definition) is 0. The van der Waals surface area contributed by atoms with E-state index in [9.17, 15) is 0 Å². The fourth-order valence-corrected chi connectivity index (χ4v) is 11.2. The van der Waals surface area contributed by atoms with Crippen molar-refractivity contribution in [2.24, 2.45) is 0 Å². The minimum atomic E-state index is 0.0193. The standard InChI is InChI=1S/C70H62N2/c1-68(2,3)51-33-25-46(26-34-51)56-19-10-11-20-57(56)49-17-16-18-55(43-49)71(54-35-27-45(28-36-54)50-41-52(69(4,5)6)44-53(42-50)70(7,8)9)64-39-31-47-30-38-61-65(40-32-48-29-37-60(64)66(47)67(48)61)72-62-23-14-12-21-58(62)59-22-13-15-24-63(59)72/h10-44H,1-9H3. The molecular formula is C70H62N2. The third kappa shape index (κ3) is 7.73. The van der Waals surface area contributed by atoms with Crippen molar-refractivity contribution >= 4 is 71.2 Å². The first-order valence-corrected chi connectivity index (χ1v) is 25.7. The third-order valence-electron chi connectivity index (χ3n) is 15.2. The molecule has 0 saturated carbocycles. The van der Waals surface area contributed by atoms with Crippen LogP contribution in [0.25, 0.3) is 93.2 Å². The third-order valence-corrected chi connectivity index (χ3v) is 15.2. The van der Waals surface area contributed by atoms with Crippen molar-refractivity contribution < 1.29 is 0 Å². The monoisotopic (exact) mass is 930 g/mol. The Bertz CT molecular complexity index is 3930. The molecule has 2 heteroatoms. The molecule has 72 heavy (non-hydrogen) atoms. The van der Waals surface area contributed by atoms with Crippen molar-refractivity contribution in [3.63, 3.8) is 0 Å². The summed E-state index contributed by atoms with van der Waals surface area (Å²) in [5.74, 6) is 0. The maximum absolute atomic E-state index is 2.49. The van der Waals surface area contributed by atoms with Gasteiger partial charge in [0.25, 0.3) is 0 Å². The van der Waals surface area contributed by atoms with E-state index in [2.05, 4.69) is 284 Å². The van der Waals surface area contributed by atoms with Gasteiger partial charge in [-0.3, -0.25) is 0 Å². The molecule has 0 radical (unpaired) electrons. The van der Waals surface area contributed by atoms with E-state index in [4.69, 9.17) is 0 Å². The second kappa shape index (κ2) is 16.8. The molecule has 352 valence electrons. The molecule has 12 aromatic rings. The molecule has 0 N–H and O–H groups in total. The van der Waals surface area contributed by atoms with Crippen molar-refractivity contribution in [2.45, 2.75) is 78.6 Å². The molecule has 1 heterocycles. The lowest BCUT2D eigenvalue weighted by Gasteiger charge is -2.29. The maximum atomic E-state index is 2.49. The van der Waals surface area contributed by atoms with Gasteiger partial charge in [0.05, 0.1) is 22.4 Å². The van der Waals surface area contributed by atoms with E-state index in [0.29, 0.717) is 0 Å². The zero-order valence-corrected chi connectivity index (χ0v) is 43.1. The average Bonchev–Trinajstić information content (AvgIpc) is 3.72. The van der Waals surface area contributed by atoms with Gasteiger partial charge < -0.3 is 9.47 Å². The van der Waals surface area contributed by atoms with Crippen LogP contribution in [0.3, 0.4) is 0 Å². The Morgan fingerprint density at radius 3 is 1.44 bits per heavy atom. The Hall–Kier alpha value is -7.94. The van der Waals surface area contributed by atoms with Gasteiger partial charge in [0.1, 0.15) is 0 Å². The average molecular weight is 931 g/mol. The minimum Gasteiger partial charge on any atom is -0.310 e. The van der Waals surface area contributed by atoms with Gasteiger partial charge in [0.15, 0.2) is 0 Å². The van der Waals surface area contributed by atoms with Gasteiger partial charge >= 0.3 is 0 Å². The summed E-state index contributed by atoms with van der Waals surface area (Å²) in [5, 5.41) is 10.0. The maximum Gasteiger partial charge on any atom is 0.0541 e. The smallest absolute Gasteiger partial charge is 0.0541 e. The van der Waals surface area contributed by atoms with E-state index in [1.54, 1.807) is 0 Å². The van der Waals surface area contributed by atoms with Crippen LogP contribution in [0.4, 0.5) is 17.1 Å². The molecule has 0 fully saturated rings. The van der Waals surface area contributed by atoms with Crippen LogP contribution in [-0.4, -0.2) is 4.57 Å². The quantitative estimate of drug-likeness (QED) is 0.145. The summed E-state index contributed by atoms with van der Waals surface area (Å²) in [6, 6.07) is 80.0. The molecule has 11 aromatic carbocycles. The number of rotatable bonds is 7. The SMILES string of the molecule is CC(C)(C)c1ccc(-c2ccccc2-c2cccc(N(c3ccc(-c4cc(C(C)(C)C)cc(C(C)(C)C)c4)cc3)c3ccc4ccc5c(-n6c7ccccc7c7ccccc76)ccc6ccc3c4c65)c2)cc1. The molecule has 12 rings (SSSR count). The molecule has 0 aliphatic rings. The molecule has 2 nitrogen and oxygen atoms in total. The van der Waals surface area contributed by atoms with Crippen LogP contribution in [0.2, 0.25) is 0 Å². The number of anilines is 3. The largest absolute Gasteiger partial charge is 0.310 e. The van der Waals surface area contributed by atoms with Crippen LogP contribution in [0.5, 0.6) is 0 Å². The lowest BCUT2D eigenvalue weighted by molar-refractivity contribution is 0.569. The van der Waals surface area contributed by atoms with E-state index in [-0.39, 0.29) is 16.2 Å². The highest BCUT2D eigenvalue weighted by atomic mass is 15.1. The molecule has 0 aliphatic carbocycles. The second-order valence-corrected chi connectivity index (χ2v) is 23.1. The van der Waals surface area contributed by atoms with Crippen LogP contribution in [0.15, 0.2) is 212 Å². The summed E-state index contributed by atoms with van der Waals surface area (Å²) in [5.41, 5.74) is 18.4. The first kappa shape index (κ1) is 45.2. The zero-order chi connectivity index (χ0) is 49.7. The predicted molar refractivity (Wildman–Crippen MR) is 312 cm³/mol. The molecule has 0 unspecified atom stereocenters. The van der Waals surface area contributed by atoms with Crippen molar-refractivity contribution in [3.05, 3.63) is 229 Å². The van der Waals surface area contributed by atoms with Crippen LogP contribution in [0, 0.1) is 0 Å². The van der Waals surface area contributed by atoms with Gasteiger partial charge in [0.2, 0.25) is 0 Å². The molecule has 0 aliphatic heterocycles. The lowest BCUT2D eigenvalue weighted by atomic mass is 9.79. The van der Waals surface area contributed by atoms with Gasteiger partial charge in [-0.25, -0.2) is 0 Å². The Labute approximate surface area is 425 Å². The summed E-state index contributed by atoms with van der Waals surface area (Å²) in [6.45, 7) is 20.7. The van der Waals surface area contributed by atoms with Crippen LogP contribution < -0.4 is 4.90 Å². The summed E-state index contributed by atoms with van der Waals surface area (Å²) >= 11 is 0. The fourth-order valence-electron chi connectivity index (χ4n) is 11.2. The Morgan fingerprint density at radius 1 is 0.319 bits per heavy atom. The fraction of sp³-hybridized carbons (Fsp3) is 0.171. The molecular weight excluding hydrogens is 869 g/mol. The molecule has 0 bridgehead atoms. The van der Waals surface area contributed by atoms with E-state index >= 15 is 0 Å². The number of hydrogen-bond acceptors (Lipinski definition) is 1. The molecule has 0 spiro atoms. The van der Waals surface area contributed by atoms with Gasteiger partial charge in [0, 0.05) is 32.9 Å². The van der Waals surface area contributed by atoms with Crippen molar-refractivity contribution in [1.82, 2.24) is 4.57 Å². The van der Waals surface area contributed by atoms with Gasteiger partial charge in [-0.1, -0.05) is 226 Å². The normalized spacial score (nSPS) is 12.5. The van der Waals surface area contributed by atoms with Crippen molar-refractivity contribution in [1.29, 1.82) is 0 Å². The molecule has 0 atom stereocenters. The van der Waals surface area contributed by atoms with E-state index in [1.165, 1.54) is 110 Å². The first-order valence-electron chi connectivity index (χ1n) is 25.7. The minimum absolute atomic E-state index is 0.0193.